The van der Waals surface area contributed by atoms with Gasteiger partial charge < -0.3 is 4.90 Å². The van der Waals surface area contributed by atoms with Gasteiger partial charge in [-0.3, -0.25) is 4.79 Å². The van der Waals surface area contributed by atoms with Crippen molar-refractivity contribution >= 4 is 5.78 Å². The first-order valence-electron chi connectivity index (χ1n) is 9.34. The number of rotatable bonds is 4. The Morgan fingerprint density at radius 3 is 2.48 bits per heavy atom. The van der Waals surface area contributed by atoms with Gasteiger partial charge in [0.15, 0.2) is 0 Å². The first-order valence-corrected chi connectivity index (χ1v) is 9.34. The largest absolute Gasteiger partial charge is 0.302 e. The molecule has 2 bridgehead atoms. The van der Waals surface area contributed by atoms with Gasteiger partial charge in [-0.2, -0.15) is 0 Å². The van der Waals surface area contributed by atoms with E-state index >= 15 is 0 Å². The summed E-state index contributed by atoms with van der Waals surface area (Å²) in [6, 6.07) is 9.56. The summed E-state index contributed by atoms with van der Waals surface area (Å²) in [5, 5.41) is 0. The van der Waals surface area contributed by atoms with Gasteiger partial charge in [0.1, 0.15) is 5.78 Å². The van der Waals surface area contributed by atoms with E-state index in [0.717, 1.165) is 5.92 Å². The van der Waals surface area contributed by atoms with Crippen LogP contribution in [0.3, 0.4) is 0 Å². The second kappa shape index (κ2) is 6.76. The van der Waals surface area contributed by atoms with Gasteiger partial charge >= 0.3 is 0 Å². The van der Waals surface area contributed by atoms with E-state index in [1.54, 1.807) is 0 Å². The third kappa shape index (κ3) is 3.24. The van der Waals surface area contributed by atoms with Gasteiger partial charge in [-0.05, 0) is 55.2 Å². The van der Waals surface area contributed by atoms with Crippen molar-refractivity contribution in [2.75, 3.05) is 13.6 Å². The maximum absolute atomic E-state index is 12.8. The predicted octanol–water partition coefficient (Wildman–Crippen LogP) is 4.60. The third-order valence-electron chi connectivity index (χ3n) is 6.17. The monoisotopic (exact) mass is 313 g/mol. The summed E-state index contributed by atoms with van der Waals surface area (Å²) in [5.41, 5.74) is 2.77. The van der Waals surface area contributed by atoms with Crippen molar-refractivity contribution in [3.05, 3.63) is 35.4 Å². The van der Waals surface area contributed by atoms with E-state index in [1.165, 1.54) is 36.9 Å². The highest BCUT2D eigenvalue weighted by molar-refractivity contribution is 5.82. The molecule has 3 fully saturated rings. The van der Waals surface area contributed by atoms with Crippen LogP contribution in [0.1, 0.15) is 69.4 Å². The molecule has 4 atom stereocenters. The summed E-state index contributed by atoms with van der Waals surface area (Å²) >= 11 is 0. The lowest BCUT2D eigenvalue weighted by Crippen LogP contribution is -2.45. The molecule has 0 spiro atoms. The lowest BCUT2D eigenvalue weighted by atomic mass is 9.76. The van der Waals surface area contributed by atoms with Gasteiger partial charge in [-0.15, -0.1) is 0 Å². The van der Waals surface area contributed by atoms with Crippen LogP contribution in [0.2, 0.25) is 0 Å². The molecule has 0 radical (unpaired) electrons. The van der Waals surface area contributed by atoms with Crippen molar-refractivity contribution in [2.24, 2.45) is 11.8 Å². The maximum atomic E-state index is 12.8. The molecule has 2 saturated heterocycles. The Kier molecular flexibility index (Phi) is 4.91. The number of Topliss-reactive ketones (excluding diaryl/α,β-unsaturated/α-hetero) is 1. The summed E-state index contributed by atoms with van der Waals surface area (Å²) in [5.74, 6) is 2.37. The molecule has 1 aromatic rings. The molecule has 126 valence electrons. The van der Waals surface area contributed by atoms with Crippen LogP contribution in [0, 0.1) is 11.8 Å². The van der Waals surface area contributed by atoms with Crippen molar-refractivity contribution in [2.45, 2.75) is 64.3 Å². The van der Waals surface area contributed by atoms with Crippen LogP contribution in [0.15, 0.2) is 24.3 Å². The van der Waals surface area contributed by atoms with E-state index in [4.69, 9.17) is 0 Å². The van der Waals surface area contributed by atoms with Crippen molar-refractivity contribution in [3.63, 3.8) is 0 Å². The zero-order valence-electron chi connectivity index (χ0n) is 15.1. The highest BCUT2D eigenvalue weighted by Crippen LogP contribution is 2.45. The summed E-state index contributed by atoms with van der Waals surface area (Å²) in [7, 11) is 2.22. The molecule has 1 aromatic carbocycles. The maximum Gasteiger partial charge on any atom is 0.137 e. The molecule has 2 aliphatic heterocycles. The minimum absolute atomic E-state index is 0.183. The Bertz CT molecular complexity index is 547. The molecule has 0 aromatic heterocycles. The number of fused-ring (bicyclic) bond motifs is 4. The Balaban J connectivity index is 1.95. The Morgan fingerprint density at radius 2 is 1.91 bits per heavy atom. The standard InChI is InChI=1S/C21H31NO/c1-5-20(23)21-18(12-15-6-11-19(21)22(4)13-15)17-9-7-16(8-10-17)14(2)3/h7-10,14-15,18-19,21H,5-6,11-13H2,1-4H3/t15?,18-,19?,21+/m1/s1. The smallest absolute Gasteiger partial charge is 0.137 e. The summed E-state index contributed by atoms with van der Waals surface area (Å²) < 4.78 is 0. The molecule has 3 aliphatic rings. The van der Waals surface area contributed by atoms with Gasteiger partial charge in [0.25, 0.3) is 0 Å². The fraction of sp³-hybridized carbons (Fsp3) is 0.667. The molecule has 2 heteroatoms. The van der Waals surface area contributed by atoms with E-state index in [9.17, 15) is 4.79 Å². The Hall–Kier alpha value is -1.15. The Labute approximate surface area is 141 Å². The molecule has 0 amide bonds. The zero-order valence-corrected chi connectivity index (χ0v) is 15.1. The number of nitrogens with zero attached hydrogens (tertiary/aromatic N) is 1. The van der Waals surface area contributed by atoms with Crippen LogP contribution < -0.4 is 0 Å². The highest BCUT2D eigenvalue weighted by Gasteiger charge is 2.44. The van der Waals surface area contributed by atoms with E-state index in [-0.39, 0.29) is 5.92 Å². The number of carbonyl (C=O) groups excluding carboxylic acids is 1. The predicted molar refractivity (Wildman–Crippen MR) is 95.8 cm³/mol. The van der Waals surface area contributed by atoms with Crippen molar-refractivity contribution < 1.29 is 4.79 Å². The normalized spacial score (nSPS) is 31.3. The number of ketones is 1. The molecule has 2 heterocycles. The van der Waals surface area contributed by atoms with Crippen molar-refractivity contribution in [3.8, 4) is 0 Å². The molecular formula is C21H31NO. The lowest BCUT2D eigenvalue weighted by Gasteiger charge is -2.37. The molecular weight excluding hydrogens is 282 g/mol. The van der Waals surface area contributed by atoms with E-state index in [2.05, 4.69) is 50.1 Å². The quantitative estimate of drug-likeness (QED) is 0.809. The second-order valence-electron chi connectivity index (χ2n) is 7.96. The second-order valence-corrected chi connectivity index (χ2v) is 7.96. The van der Waals surface area contributed by atoms with Crippen LogP contribution in [0.5, 0.6) is 0 Å². The average Bonchev–Trinajstić information content (AvgIpc) is 2.81. The number of carbonyl (C=O) groups is 1. The fourth-order valence-corrected chi connectivity index (χ4v) is 4.83. The molecule has 2 nitrogen and oxygen atoms in total. The minimum Gasteiger partial charge on any atom is -0.302 e. The molecule has 2 unspecified atom stereocenters. The first-order chi connectivity index (χ1) is 11.0. The number of piperidine rings is 1. The van der Waals surface area contributed by atoms with Crippen molar-refractivity contribution in [1.82, 2.24) is 4.90 Å². The number of hydrogen-bond acceptors (Lipinski definition) is 2. The van der Waals surface area contributed by atoms with Crippen LogP contribution in [-0.2, 0) is 4.79 Å². The SMILES string of the molecule is CCC(=O)[C@@H]1C2CCC(C[C@@H]1c1ccc(C(C)C)cc1)CN2C. The molecule has 1 saturated carbocycles. The first kappa shape index (κ1) is 16.7. The summed E-state index contributed by atoms with van der Waals surface area (Å²) in [4.78, 5) is 15.3. The van der Waals surface area contributed by atoms with Gasteiger partial charge in [0, 0.05) is 24.9 Å². The van der Waals surface area contributed by atoms with Crippen LogP contribution in [-0.4, -0.2) is 30.3 Å². The van der Waals surface area contributed by atoms with Crippen LogP contribution in [0.25, 0.3) is 0 Å². The minimum atomic E-state index is 0.183. The molecule has 1 aliphatic carbocycles. The average molecular weight is 313 g/mol. The Morgan fingerprint density at radius 1 is 1.22 bits per heavy atom. The number of benzene rings is 1. The van der Waals surface area contributed by atoms with Gasteiger partial charge in [-0.25, -0.2) is 0 Å². The van der Waals surface area contributed by atoms with Gasteiger partial charge in [0.2, 0.25) is 0 Å². The van der Waals surface area contributed by atoms with Gasteiger partial charge in [-0.1, -0.05) is 45.0 Å². The van der Waals surface area contributed by atoms with Crippen LogP contribution in [0.4, 0.5) is 0 Å². The molecule has 23 heavy (non-hydrogen) atoms. The summed E-state index contributed by atoms with van der Waals surface area (Å²) in [6.45, 7) is 7.66. The van der Waals surface area contributed by atoms with Crippen molar-refractivity contribution in [1.29, 1.82) is 0 Å². The van der Waals surface area contributed by atoms with E-state index in [0.29, 0.717) is 30.1 Å². The van der Waals surface area contributed by atoms with Gasteiger partial charge in [0.05, 0.1) is 0 Å². The zero-order chi connectivity index (χ0) is 16.6. The third-order valence-corrected chi connectivity index (χ3v) is 6.17. The highest BCUT2D eigenvalue weighted by atomic mass is 16.1. The number of hydrogen-bond donors (Lipinski definition) is 0. The molecule has 0 N–H and O–H groups in total. The fourth-order valence-electron chi connectivity index (χ4n) is 4.83. The molecule has 4 rings (SSSR count). The van der Waals surface area contributed by atoms with E-state index < -0.39 is 0 Å². The summed E-state index contributed by atoms with van der Waals surface area (Å²) in [6.07, 6.45) is 4.33. The van der Waals surface area contributed by atoms with E-state index in [1.807, 2.05) is 6.92 Å². The van der Waals surface area contributed by atoms with Crippen LogP contribution >= 0.6 is 0 Å². The lowest BCUT2D eigenvalue weighted by molar-refractivity contribution is -0.125. The topological polar surface area (TPSA) is 20.3 Å².